The Kier molecular flexibility index (Phi) is 5.66. The maximum atomic E-state index is 12.1. The molecule has 5 nitrogen and oxygen atoms in total. The van der Waals surface area contributed by atoms with E-state index >= 15 is 0 Å². The molecule has 0 atom stereocenters. The Morgan fingerprint density at radius 1 is 1.18 bits per heavy atom. The Labute approximate surface area is 136 Å². The SMILES string of the molecule is O=C(NCCc1ccccc1)c1ccc(CBr)c([N+](=O)[O-])c1. The summed E-state index contributed by atoms with van der Waals surface area (Å²) in [6, 6.07) is 14.3. The van der Waals surface area contributed by atoms with Crippen LogP contribution in [0.3, 0.4) is 0 Å². The number of carbonyl (C=O) groups excluding carboxylic acids is 1. The van der Waals surface area contributed by atoms with Crippen molar-refractivity contribution in [3.05, 3.63) is 75.3 Å². The van der Waals surface area contributed by atoms with Crippen molar-refractivity contribution in [3.63, 3.8) is 0 Å². The molecule has 0 unspecified atom stereocenters. The molecule has 0 bridgehead atoms. The molecule has 0 saturated carbocycles. The fraction of sp³-hybridized carbons (Fsp3) is 0.188. The van der Waals surface area contributed by atoms with Crippen LogP contribution in [0.15, 0.2) is 48.5 Å². The average Bonchev–Trinajstić information content (AvgIpc) is 2.55. The Morgan fingerprint density at radius 2 is 1.91 bits per heavy atom. The molecule has 22 heavy (non-hydrogen) atoms. The first kappa shape index (κ1) is 16.2. The third-order valence-electron chi connectivity index (χ3n) is 3.23. The number of benzene rings is 2. The molecular formula is C16H15BrN2O3. The van der Waals surface area contributed by atoms with Gasteiger partial charge in [-0.05, 0) is 18.1 Å². The van der Waals surface area contributed by atoms with E-state index in [0.29, 0.717) is 29.4 Å². The summed E-state index contributed by atoms with van der Waals surface area (Å²) in [5.41, 5.74) is 1.92. The molecule has 0 aliphatic heterocycles. The number of nitrogens with one attached hydrogen (secondary N) is 1. The fourth-order valence-electron chi connectivity index (χ4n) is 2.06. The Bertz CT molecular complexity index is 674. The van der Waals surface area contributed by atoms with E-state index in [2.05, 4.69) is 21.2 Å². The molecule has 0 aliphatic rings. The van der Waals surface area contributed by atoms with Crippen molar-refractivity contribution in [3.8, 4) is 0 Å². The van der Waals surface area contributed by atoms with Crippen molar-refractivity contribution in [2.24, 2.45) is 0 Å². The summed E-state index contributed by atoms with van der Waals surface area (Å²) in [4.78, 5) is 22.6. The molecule has 0 aromatic heterocycles. The molecular weight excluding hydrogens is 348 g/mol. The highest BCUT2D eigenvalue weighted by Gasteiger charge is 2.16. The summed E-state index contributed by atoms with van der Waals surface area (Å²) in [6.07, 6.45) is 0.716. The van der Waals surface area contributed by atoms with Gasteiger partial charge in [0.15, 0.2) is 0 Å². The van der Waals surface area contributed by atoms with Crippen LogP contribution in [0, 0.1) is 10.1 Å². The second kappa shape index (κ2) is 7.70. The number of nitro benzene ring substituents is 1. The number of hydrogen-bond acceptors (Lipinski definition) is 3. The Balaban J connectivity index is 2.00. The topological polar surface area (TPSA) is 72.2 Å². The maximum Gasteiger partial charge on any atom is 0.274 e. The van der Waals surface area contributed by atoms with Gasteiger partial charge in [0.1, 0.15) is 0 Å². The number of amides is 1. The van der Waals surface area contributed by atoms with E-state index < -0.39 is 4.92 Å². The van der Waals surface area contributed by atoms with Gasteiger partial charge in [0.25, 0.3) is 11.6 Å². The van der Waals surface area contributed by atoms with E-state index in [1.54, 1.807) is 12.1 Å². The van der Waals surface area contributed by atoms with Crippen LogP contribution in [0.1, 0.15) is 21.5 Å². The quantitative estimate of drug-likeness (QED) is 0.485. The van der Waals surface area contributed by atoms with Crippen molar-refractivity contribution < 1.29 is 9.72 Å². The number of rotatable bonds is 6. The first-order valence-corrected chi connectivity index (χ1v) is 7.89. The van der Waals surface area contributed by atoms with Gasteiger partial charge in [-0.2, -0.15) is 0 Å². The minimum atomic E-state index is -0.475. The second-order valence-corrected chi connectivity index (χ2v) is 5.29. The van der Waals surface area contributed by atoms with Crippen molar-refractivity contribution in [1.82, 2.24) is 5.32 Å². The standard InChI is InChI=1S/C16H15BrN2O3/c17-11-14-7-6-13(10-15(14)19(21)22)16(20)18-9-8-12-4-2-1-3-5-12/h1-7,10H,8-9,11H2,(H,18,20). The van der Waals surface area contributed by atoms with E-state index in [1.165, 1.54) is 6.07 Å². The maximum absolute atomic E-state index is 12.1. The average molecular weight is 363 g/mol. The van der Waals surface area contributed by atoms with Crippen LogP contribution in [-0.4, -0.2) is 17.4 Å². The van der Waals surface area contributed by atoms with Crippen LogP contribution in [0.25, 0.3) is 0 Å². The fourth-order valence-corrected chi connectivity index (χ4v) is 2.53. The number of carbonyl (C=O) groups is 1. The molecule has 0 fully saturated rings. The van der Waals surface area contributed by atoms with E-state index in [-0.39, 0.29) is 11.6 Å². The zero-order valence-electron chi connectivity index (χ0n) is 11.8. The number of nitro groups is 1. The van der Waals surface area contributed by atoms with Gasteiger partial charge in [-0.1, -0.05) is 52.3 Å². The lowest BCUT2D eigenvalue weighted by Crippen LogP contribution is -2.25. The largest absolute Gasteiger partial charge is 0.352 e. The number of alkyl halides is 1. The van der Waals surface area contributed by atoms with E-state index in [4.69, 9.17) is 0 Å². The summed E-state index contributed by atoms with van der Waals surface area (Å²) in [6.45, 7) is 0.483. The van der Waals surface area contributed by atoms with Gasteiger partial charge in [0, 0.05) is 29.1 Å². The highest BCUT2D eigenvalue weighted by molar-refractivity contribution is 9.08. The van der Waals surface area contributed by atoms with Crippen LogP contribution in [-0.2, 0) is 11.8 Å². The molecule has 6 heteroatoms. The summed E-state index contributed by atoms with van der Waals surface area (Å²) in [5, 5.41) is 14.2. The van der Waals surface area contributed by atoms with Crippen LogP contribution >= 0.6 is 15.9 Å². The summed E-state index contributed by atoms with van der Waals surface area (Å²) < 4.78 is 0. The summed E-state index contributed by atoms with van der Waals surface area (Å²) >= 11 is 3.20. The van der Waals surface area contributed by atoms with Crippen LogP contribution < -0.4 is 5.32 Å². The number of halogens is 1. The zero-order chi connectivity index (χ0) is 15.9. The lowest BCUT2D eigenvalue weighted by Gasteiger charge is -2.06. The predicted molar refractivity (Wildman–Crippen MR) is 88.2 cm³/mol. The van der Waals surface area contributed by atoms with Crippen LogP contribution in [0.2, 0.25) is 0 Å². The highest BCUT2D eigenvalue weighted by atomic mass is 79.9. The van der Waals surface area contributed by atoms with E-state index in [0.717, 1.165) is 5.56 Å². The van der Waals surface area contributed by atoms with Gasteiger partial charge >= 0.3 is 0 Å². The van der Waals surface area contributed by atoms with E-state index in [9.17, 15) is 14.9 Å². The lowest BCUT2D eigenvalue weighted by molar-refractivity contribution is -0.385. The first-order chi connectivity index (χ1) is 10.6. The van der Waals surface area contributed by atoms with Gasteiger partial charge in [-0.3, -0.25) is 14.9 Å². The molecule has 2 aromatic carbocycles. The monoisotopic (exact) mass is 362 g/mol. The Morgan fingerprint density at radius 3 is 2.55 bits per heavy atom. The number of nitrogens with zero attached hydrogens (tertiary/aromatic N) is 1. The smallest absolute Gasteiger partial charge is 0.274 e. The van der Waals surface area contributed by atoms with Gasteiger partial charge < -0.3 is 5.32 Å². The second-order valence-electron chi connectivity index (χ2n) is 4.73. The molecule has 2 rings (SSSR count). The zero-order valence-corrected chi connectivity index (χ0v) is 13.4. The molecule has 1 amide bonds. The molecule has 0 radical (unpaired) electrons. The van der Waals surface area contributed by atoms with Crippen molar-refractivity contribution in [2.75, 3.05) is 6.54 Å². The summed E-state index contributed by atoms with van der Waals surface area (Å²) in [7, 11) is 0. The van der Waals surface area contributed by atoms with Gasteiger partial charge in [-0.15, -0.1) is 0 Å². The van der Waals surface area contributed by atoms with E-state index in [1.807, 2.05) is 30.3 Å². The Hall–Kier alpha value is -2.21. The third-order valence-corrected chi connectivity index (χ3v) is 3.83. The number of hydrogen-bond donors (Lipinski definition) is 1. The lowest BCUT2D eigenvalue weighted by atomic mass is 10.1. The van der Waals surface area contributed by atoms with Gasteiger partial charge in [-0.25, -0.2) is 0 Å². The van der Waals surface area contributed by atoms with Gasteiger partial charge in [0.2, 0.25) is 0 Å². The first-order valence-electron chi connectivity index (χ1n) is 6.77. The molecule has 0 spiro atoms. The van der Waals surface area contributed by atoms with Crippen LogP contribution in [0.4, 0.5) is 5.69 Å². The van der Waals surface area contributed by atoms with Crippen molar-refractivity contribution in [2.45, 2.75) is 11.8 Å². The molecule has 1 N–H and O–H groups in total. The molecule has 2 aromatic rings. The minimum Gasteiger partial charge on any atom is -0.352 e. The minimum absolute atomic E-state index is 0.0485. The molecule has 0 saturated heterocycles. The van der Waals surface area contributed by atoms with Gasteiger partial charge in [0.05, 0.1) is 4.92 Å². The van der Waals surface area contributed by atoms with Crippen LogP contribution in [0.5, 0.6) is 0 Å². The summed E-state index contributed by atoms with van der Waals surface area (Å²) in [5.74, 6) is -0.305. The molecule has 0 aliphatic carbocycles. The predicted octanol–water partition coefficient (Wildman–Crippen LogP) is 3.46. The normalized spacial score (nSPS) is 10.2. The third kappa shape index (κ3) is 4.14. The van der Waals surface area contributed by atoms with Crippen molar-refractivity contribution >= 4 is 27.5 Å². The van der Waals surface area contributed by atoms with Crippen molar-refractivity contribution in [1.29, 1.82) is 0 Å². The molecule has 0 heterocycles. The highest BCUT2D eigenvalue weighted by Crippen LogP contribution is 2.22. The molecule has 114 valence electrons.